The third kappa shape index (κ3) is 3.41. The molecule has 0 aromatic heterocycles. The second-order valence-electron chi connectivity index (χ2n) is 11.3. The molecule has 0 N–H and O–H groups in total. The zero-order chi connectivity index (χ0) is 19.8. The molecule has 6 atom stereocenters. The van der Waals surface area contributed by atoms with E-state index < -0.39 is 24.8 Å². The average Bonchev–Trinajstić information content (AvgIpc) is 3.23. The van der Waals surface area contributed by atoms with E-state index in [1.54, 1.807) is 0 Å². The fourth-order valence-corrected chi connectivity index (χ4v) is 13.0. The van der Waals surface area contributed by atoms with Crippen LogP contribution in [0.1, 0.15) is 66.2 Å². The summed E-state index contributed by atoms with van der Waals surface area (Å²) >= 11 is 0. The van der Waals surface area contributed by atoms with Crippen LogP contribution in [0.15, 0.2) is 0 Å². The van der Waals surface area contributed by atoms with Crippen molar-refractivity contribution in [3.05, 3.63) is 0 Å². The molecule has 4 rings (SSSR count). The van der Waals surface area contributed by atoms with E-state index in [9.17, 15) is 16.8 Å². The first-order valence-corrected chi connectivity index (χ1v) is 14.4. The Morgan fingerprint density at radius 2 is 1.04 bits per heavy atom. The third-order valence-corrected chi connectivity index (χ3v) is 13.9. The largest absolute Gasteiger partial charge is 0.228 e. The zero-order valence-electron chi connectivity index (χ0n) is 17.3. The number of rotatable bonds is 6. The first kappa shape index (κ1) is 20.2. The van der Waals surface area contributed by atoms with Crippen molar-refractivity contribution in [1.82, 2.24) is 0 Å². The summed E-state index contributed by atoms with van der Waals surface area (Å²) in [5, 5.41) is -0.645. The molecule has 0 aromatic rings. The first-order chi connectivity index (χ1) is 12.3. The molecule has 6 heteroatoms. The van der Waals surface area contributed by atoms with Gasteiger partial charge in [-0.2, -0.15) is 0 Å². The normalized spacial score (nSPS) is 42.1. The Balaban J connectivity index is 1.44. The molecule has 0 heterocycles. The van der Waals surface area contributed by atoms with Crippen LogP contribution in [-0.2, 0) is 19.7 Å². The number of hydrogen-bond donors (Lipinski definition) is 0. The molecule has 4 aliphatic carbocycles. The van der Waals surface area contributed by atoms with Gasteiger partial charge in [0.05, 0.1) is 11.5 Å². The van der Waals surface area contributed by atoms with Gasteiger partial charge in [0, 0.05) is 0 Å². The highest BCUT2D eigenvalue weighted by molar-refractivity contribution is 8.08. The first-order valence-electron chi connectivity index (χ1n) is 10.7. The van der Waals surface area contributed by atoms with Gasteiger partial charge in [-0.3, -0.25) is 0 Å². The molecule has 0 saturated heterocycles. The van der Waals surface area contributed by atoms with Crippen LogP contribution < -0.4 is 0 Å². The van der Waals surface area contributed by atoms with Gasteiger partial charge < -0.3 is 0 Å². The Kier molecular flexibility index (Phi) is 4.63. The standard InChI is InChI=1S/C21H36O4S2/c1-20(2)16-7-5-14(9-16)18(20)11-26(22,23)13-27(24,25)12-19-15-6-8-17(10-15)21(19,3)4/h14-19H,5-13H2,1-4H3. The number of hydrogen-bond acceptors (Lipinski definition) is 4. The van der Waals surface area contributed by atoms with Gasteiger partial charge in [-0.25, -0.2) is 16.8 Å². The predicted molar refractivity (Wildman–Crippen MR) is 109 cm³/mol. The summed E-state index contributed by atoms with van der Waals surface area (Å²) < 4.78 is 51.5. The molecule has 0 radical (unpaired) electrons. The highest BCUT2D eigenvalue weighted by Gasteiger charge is 2.55. The van der Waals surface area contributed by atoms with Crippen LogP contribution >= 0.6 is 0 Å². The third-order valence-electron chi connectivity index (χ3n) is 9.33. The Bertz CT molecular complexity index is 741. The molecule has 6 unspecified atom stereocenters. The van der Waals surface area contributed by atoms with E-state index >= 15 is 0 Å². The van der Waals surface area contributed by atoms with Gasteiger partial charge in [0.15, 0.2) is 24.8 Å². The van der Waals surface area contributed by atoms with E-state index in [0.717, 1.165) is 25.7 Å². The van der Waals surface area contributed by atoms with E-state index in [-0.39, 0.29) is 34.2 Å². The van der Waals surface area contributed by atoms with Crippen molar-refractivity contribution in [1.29, 1.82) is 0 Å². The highest BCUT2D eigenvalue weighted by Crippen LogP contribution is 2.60. The van der Waals surface area contributed by atoms with Crippen molar-refractivity contribution in [2.24, 2.45) is 46.3 Å². The topological polar surface area (TPSA) is 68.3 Å². The zero-order valence-corrected chi connectivity index (χ0v) is 18.9. The van der Waals surface area contributed by atoms with Gasteiger partial charge in [0.2, 0.25) is 0 Å². The minimum absolute atomic E-state index is 0.0202. The van der Waals surface area contributed by atoms with E-state index in [4.69, 9.17) is 0 Å². The molecule has 4 fully saturated rings. The van der Waals surface area contributed by atoms with E-state index in [0.29, 0.717) is 23.7 Å². The quantitative estimate of drug-likeness (QED) is 0.658. The second-order valence-corrected chi connectivity index (χ2v) is 15.9. The van der Waals surface area contributed by atoms with Gasteiger partial charge in [-0.15, -0.1) is 0 Å². The molecule has 0 aliphatic heterocycles. The maximum atomic E-state index is 12.9. The van der Waals surface area contributed by atoms with Gasteiger partial charge in [-0.1, -0.05) is 27.7 Å². The van der Waals surface area contributed by atoms with Crippen LogP contribution in [0, 0.1) is 46.3 Å². The van der Waals surface area contributed by atoms with E-state index in [2.05, 4.69) is 27.7 Å². The SMILES string of the molecule is CC1(C)C2CCC(C2)C1CS(=O)(=O)CS(=O)(=O)CC1C2CCC(C2)C1(C)C. The minimum Gasteiger partial charge on any atom is -0.228 e. The van der Waals surface area contributed by atoms with E-state index in [1.165, 1.54) is 12.8 Å². The second kappa shape index (κ2) is 6.20. The molecule has 156 valence electrons. The van der Waals surface area contributed by atoms with Crippen molar-refractivity contribution >= 4 is 19.7 Å². The van der Waals surface area contributed by atoms with Crippen molar-refractivity contribution in [3.63, 3.8) is 0 Å². The summed E-state index contributed by atoms with van der Waals surface area (Å²) in [7, 11) is -7.19. The molecule has 0 amide bonds. The van der Waals surface area contributed by atoms with Crippen molar-refractivity contribution < 1.29 is 16.8 Å². The Hall–Kier alpha value is -0.100. The van der Waals surface area contributed by atoms with Crippen molar-refractivity contribution in [2.75, 3.05) is 16.6 Å². The van der Waals surface area contributed by atoms with Gasteiger partial charge in [0.25, 0.3) is 0 Å². The molecule has 4 aliphatic rings. The summed E-state index contributed by atoms with van der Waals surface area (Å²) in [5.74, 6) is 2.49. The van der Waals surface area contributed by atoms with Gasteiger partial charge in [0.1, 0.15) is 0 Å². The smallest absolute Gasteiger partial charge is 0.164 e. The molecule has 4 bridgehead atoms. The van der Waals surface area contributed by atoms with Crippen LogP contribution in [0.2, 0.25) is 0 Å². The Morgan fingerprint density at radius 3 is 1.33 bits per heavy atom. The van der Waals surface area contributed by atoms with Crippen LogP contribution in [0.25, 0.3) is 0 Å². The fraction of sp³-hybridized carbons (Fsp3) is 1.00. The Morgan fingerprint density at radius 1 is 0.667 bits per heavy atom. The van der Waals surface area contributed by atoms with Crippen LogP contribution in [0.3, 0.4) is 0 Å². The fourth-order valence-electron chi connectivity index (χ4n) is 7.55. The lowest BCUT2D eigenvalue weighted by Gasteiger charge is -2.39. The lowest BCUT2D eigenvalue weighted by molar-refractivity contribution is 0.139. The lowest BCUT2D eigenvalue weighted by Crippen LogP contribution is -2.39. The van der Waals surface area contributed by atoms with Gasteiger partial charge in [-0.05, 0) is 84.9 Å². The van der Waals surface area contributed by atoms with Crippen LogP contribution in [0.5, 0.6) is 0 Å². The van der Waals surface area contributed by atoms with Crippen molar-refractivity contribution in [3.8, 4) is 0 Å². The Labute approximate surface area is 165 Å². The summed E-state index contributed by atoms with van der Waals surface area (Å²) in [6.07, 6.45) is 6.87. The summed E-state index contributed by atoms with van der Waals surface area (Å²) in [5.41, 5.74) is 0.0404. The number of sulfone groups is 2. The maximum absolute atomic E-state index is 12.9. The lowest BCUT2D eigenvalue weighted by atomic mass is 9.69. The number of fused-ring (bicyclic) bond motifs is 4. The van der Waals surface area contributed by atoms with Crippen LogP contribution in [0.4, 0.5) is 0 Å². The molecular weight excluding hydrogens is 380 g/mol. The molecule has 4 saturated carbocycles. The van der Waals surface area contributed by atoms with E-state index in [1.807, 2.05) is 0 Å². The van der Waals surface area contributed by atoms with Crippen LogP contribution in [-0.4, -0.2) is 33.4 Å². The molecule has 0 aromatic carbocycles. The molecule has 4 nitrogen and oxygen atoms in total. The monoisotopic (exact) mass is 416 g/mol. The average molecular weight is 417 g/mol. The van der Waals surface area contributed by atoms with Gasteiger partial charge >= 0.3 is 0 Å². The molecular formula is C21H36O4S2. The summed E-state index contributed by atoms with van der Waals surface area (Å²) in [6.45, 7) is 8.74. The van der Waals surface area contributed by atoms with Crippen molar-refractivity contribution in [2.45, 2.75) is 66.2 Å². The molecule has 27 heavy (non-hydrogen) atoms. The minimum atomic E-state index is -3.60. The summed E-state index contributed by atoms with van der Waals surface area (Å²) in [6, 6.07) is 0. The predicted octanol–water partition coefficient (Wildman–Crippen LogP) is 3.92. The highest BCUT2D eigenvalue weighted by atomic mass is 32.3. The maximum Gasteiger partial charge on any atom is 0.164 e. The summed E-state index contributed by atoms with van der Waals surface area (Å²) in [4.78, 5) is 0. The molecule has 0 spiro atoms.